The van der Waals surface area contributed by atoms with Crippen LogP contribution in [0.1, 0.15) is 58.8 Å². The summed E-state index contributed by atoms with van der Waals surface area (Å²) in [6.07, 6.45) is 12.9. The van der Waals surface area contributed by atoms with E-state index in [1.807, 2.05) is 13.0 Å². The van der Waals surface area contributed by atoms with Crippen LogP contribution < -0.4 is 0 Å². The lowest BCUT2D eigenvalue weighted by Crippen LogP contribution is -2.13. The summed E-state index contributed by atoms with van der Waals surface area (Å²) in [7, 11) is 1.41. The summed E-state index contributed by atoms with van der Waals surface area (Å²) in [6.45, 7) is 3.30. The van der Waals surface area contributed by atoms with E-state index in [2.05, 4.69) is 28.4 Å². The van der Waals surface area contributed by atoms with E-state index in [9.17, 15) is 9.59 Å². The molecule has 0 aromatic rings. The SMILES string of the molecule is CC=CC#CC#CC=CC(CCCCCCCC(=O)OC)OC(C)=O. The van der Waals surface area contributed by atoms with E-state index in [4.69, 9.17) is 4.74 Å². The minimum Gasteiger partial charge on any atom is -0.469 e. The number of esters is 2. The van der Waals surface area contributed by atoms with Gasteiger partial charge in [0.05, 0.1) is 7.11 Å². The van der Waals surface area contributed by atoms with Crippen LogP contribution in [0.25, 0.3) is 0 Å². The van der Waals surface area contributed by atoms with Gasteiger partial charge < -0.3 is 9.47 Å². The Kier molecular flexibility index (Phi) is 14.8. The molecule has 0 amide bonds. The summed E-state index contributed by atoms with van der Waals surface area (Å²) in [5, 5.41) is 0. The molecule has 0 radical (unpaired) electrons. The average molecular weight is 344 g/mol. The normalized spacial score (nSPS) is 11.3. The lowest BCUT2D eigenvalue weighted by molar-refractivity contribution is -0.144. The fourth-order valence-corrected chi connectivity index (χ4v) is 2.05. The molecule has 0 aliphatic carbocycles. The number of hydrogen-bond acceptors (Lipinski definition) is 4. The monoisotopic (exact) mass is 344 g/mol. The highest BCUT2D eigenvalue weighted by Gasteiger charge is 2.07. The second kappa shape index (κ2) is 16.4. The summed E-state index contributed by atoms with van der Waals surface area (Å²) in [6, 6.07) is 0. The number of carbonyl (C=O) groups is 2. The van der Waals surface area contributed by atoms with Crippen molar-refractivity contribution in [3.63, 3.8) is 0 Å². The number of hydrogen-bond donors (Lipinski definition) is 0. The molecule has 0 N–H and O–H groups in total. The lowest BCUT2D eigenvalue weighted by atomic mass is 10.1. The largest absolute Gasteiger partial charge is 0.469 e. The standard InChI is InChI=1S/C21H28O4/c1-4-5-6-7-8-10-13-16-20(25-19(2)22)17-14-11-9-12-15-18-21(23)24-3/h4-5,13,16,20H,9,11-12,14-15,17-18H2,1-3H3. The molecule has 0 aromatic heterocycles. The maximum absolute atomic E-state index is 11.2. The Bertz CT molecular complexity index is 564. The Hall–Kier alpha value is -2.46. The third-order valence-electron chi connectivity index (χ3n) is 3.27. The van der Waals surface area contributed by atoms with Crippen LogP contribution in [-0.4, -0.2) is 25.2 Å². The topological polar surface area (TPSA) is 52.6 Å². The zero-order valence-corrected chi connectivity index (χ0v) is 15.5. The van der Waals surface area contributed by atoms with Crippen molar-refractivity contribution in [1.29, 1.82) is 0 Å². The van der Waals surface area contributed by atoms with Gasteiger partial charge in [0.2, 0.25) is 0 Å². The zero-order chi connectivity index (χ0) is 18.8. The molecular formula is C21H28O4. The molecule has 1 atom stereocenters. The minimum atomic E-state index is -0.298. The van der Waals surface area contributed by atoms with Crippen LogP contribution in [0.4, 0.5) is 0 Å². The molecular weight excluding hydrogens is 316 g/mol. The lowest BCUT2D eigenvalue weighted by Gasteiger charge is -2.12. The number of rotatable bonds is 10. The van der Waals surface area contributed by atoms with Gasteiger partial charge in [-0.1, -0.05) is 37.2 Å². The molecule has 0 fully saturated rings. The van der Waals surface area contributed by atoms with Crippen LogP contribution >= 0.6 is 0 Å². The fourth-order valence-electron chi connectivity index (χ4n) is 2.05. The third kappa shape index (κ3) is 16.2. The molecule has 0 bridgehead atoms. The highest BCUT2D eigenvalue weighted by atomic mass is 16.5. The molecule has 0 rings (SSSR count). The second-order valence-corrected chi connectivity index (χ2v) is 5.43. The molecule has 0 aliphatic heterocycles. The van der Waals surface area contributed by atoms with Gasteiger partial charge in [0.1, 0.15) is 6.10 Å². The van der Waals surface area contributed by atoms with E-state index in [0.717, 1.165) is 38.5 Å². The molecule has 4 heteroatoms. The van der Waals surface area contributed by atoms with Crippen LogP contribution in [0, 0.1) is 23.7 Å². The van der Waals surface area contributed by atoms with Crippen molar-refractivity contribution in [2.45, 2.75) is 64.9 Å². The Labute approximate surface area is 151 Å². The van der Waals surface area contributed by atoms with Crippen LogP contribution in [0.3, 0.4) is 0 Å². The van der Waals surface area contributed by atoms with Gasteiger partial charge >= 0.3 is 11.9 Å². The van der Waals surface area contributed by atoms with Crippen LogP contribution in [0.2, 0.25) is 0 Å². The van der Waals surface area contributed by atoms with Gasteiger partial charge in [-0.05, 0) is 56.3 Å². The van der Waals surface area contributed by atoms with Gasteiger partial charge in [-0.2, -0.15) is 0 Å². The first kappa shape index (κ1) is 22.5. The summed E-state index contributed by atoms with van der Waals surface area (Å²) in [5.41, 5.74) is 0. The molecule has 0 aromatic carbocycles. The predicted molar refractivity (Wildman–Crippen MR) is 99.4 cm³/mol. The van der Waals surface area contributed by atoms with Gasteiger partial charge in [-0.3, -0.25) is 9.59 Å². The number of ether oxygens (including phenoxy) is 2. The zero-order valence-electron chi connectivity index (χ0n) is 15.5. The predicted octanol–water partition coefficient (Wildman–Crippen LogP) is 3.96. The van der Waals surface area contributed by atoms with E-state index >= 15 is 0 Å². The van der Waals surface area contributed by atoms with Gasteiger partial charge in [0.25, 0.3) is 0 Å². The first-order chi connectivity index (χ1) is 12.1. The Balaban J connectivity index is 4.09. The summed E-state index contributed by atoms with van der Waals surface area (Å²) < 4.78 is 9.87. The van der Waals surface area contributed by atoms with Crippen LogP contribution in [0.5, 0.6) is 0 Å². The molecule has 1 unspecified atom stereocenters. The van der Waals surface area contributed by atoms with E-state index in [-0.39, 0.29) is 18.0 Å². The summed E-state index contributed by atoms with van der Waals surface area (Å²) in [5.74, 6) is 10.5. The number of methoxy groups -OCH3 is 1. The van der Waals surface area contributed by atoms with Crippen molar-refractivity contribution in [3.05, 3.63) is 24.3 Å². The molecule has 0 saturated carbocycles. The molecule has 25 heavy (non-hydrogen) atoms. The minimum absolute atomic E-state index is 0.156. The van der Waals surface area contributed by atoms with Crippen LogP contribution in [-0.2, 0) is 19.1 Å². The average Bonchev–Trinajstić information content (AvgIpc) is 2.59. The van der Waals surface area contributed by atoms with Gasteiger partial charge in [0.15, 0.2) is 0 Å². The number of allylic oxidation sites excluding steroid dienone is 3. The number of carbonyl (C=O) groups excluding carboxylic acids is 2. The second-order valence-electron chi connectivity index (χ2n) is 5.43. The Morgan fingerprint density at radius 3 is 2.28 bits per heavy atom. The maximum atomic E-state index is 11.2. The van der Waals surface area contributed by atoms with Crippen LogP contribution in [0.15, 0.2) is 24.3 Å². The van der Waals surface area contributed by atoms with Gasteiger partial charge in [-0.15, -0.1) is 0 Å². The van der Waals surface area contributed by atoms with Crippen molar-refractivity contribution in [2.24, 2.45) is 0 Å². The Morgan fingerprint density at radius 1 is 1.00 bits per heavy atom. The molecule has 0 saturated heterocycles. The molecule has 4 nitrogen and oxygen atoms in total. The smallest absolute Gasteiger partial charge is 0.305 e. The third-order valence-corrected chi connectivity index (χ3v) is 3.27. The van der Waals surface area contributed by atoms with Crippen molar-refractivity contribution >= 4 is 11.9 Å². The summed E-state index contributed by atoms with van der Waals surface area (Å²) >= 11 is 0. The summed E-state index contributed by atoms with van der Waals surface area (Å²) in [4.78, 5) is 22.2. The van der Waals surface area contributed by atoms with Crippen molar-refractivity contribution in [2.75, 3.05) is 7.11 Å². The van der Waals surface area contributed by atoms with Crippen molar-refractivity contribution < 1.29 is 19.1 Å². The number of unbranched alkanes of at least 4 members (excludes halogenated alkanes) is 4. The molecule has 0 aliphatic rings. The molecule has 0 spiro atoms. The quantitative estimate of drug-likeness (QED) is 0.342. The Morgan fingerprint density at radius 2 is 1.64 bits per heavy atom. The van der Waals surface area contributed by atoms with Gasteiger partial charge in [0, 0.05) is 13.3 Å². The van der Waals surface area contributed by atoms with E-state index in [1.165, 1.54) is 14.0 Å². The first-order valence-electron chi connectivity index (χ1n) is 8.63. The maximum Gasteiger partial charge on any atom is 0.305 e. The fraction of sp³-hybridized carbons (Fsp3) is 0.524. The highest BCUT2D eigenvalue weighted by molar-refractivity contribution is 5.69. The van der Waals surface area contributed by atoms with E-state index < -0.39 is 0 Å². The van der Waals surface area contributed by atoms with Gasteiger partial charge in [-0.25, -0.2) is 0 Å². The highest BCUT2D eigenvalue weighted by Crippen LogP contribution is 2.12. The molecule has 0 heterocycles. The van der Waals surface area contributed by atoms with Crippen molar-refractivity contribution in [1.82, 2.24) is 0 Å². The molecule has 136 valence electrons. The van der Waals surface area contributed by atoms with E-state index in [0.29, 0.717) is 6.42 Å². The van der Waals surface area contributed by atoms with E-state index in [1.54, 1.807) is 18.2 Å². The first-order valence-corrected chi connectivity index (χ1v) is 8.63. The van der Waals surface area contributed by atoms with Crippen molar-refractivity contribution in [3.8, 4) is 23.7 Å².